The zero-order chi connectivity index (χ0) is 25.7. The summed E-state index contributed by atoms with van der Waals surface area (Å²) in [5.74, 6) is -1.22. The van der Waals surface area contributed by atoms with Gasteiger partial charge in [-0.3, -0.25) is 9.36 Å². The minimum absolute atomic E-state index is 0.0925. The molecule has 8 heteroatoms. The fourth-order valence-electron chi connectivity index (χ4n) is 4.31. The average Bonchev–Trinajstić information content (AvgIpc) is 2.88. The van der Waals surface area contributed by atoms with Crippen LogP contribution in [0.2, 0.25) is 0 Å². The Morgan fingerprint density at radius 2 is 1.42 bits per heavy atom. The van der Waals surface area contributed by atoms with Gasteiger partial charge in [-0.1, -0.05) is 66.7 Å². The third kappa shape index (κ3) is 5.05. The maximum atomic E-state index is 14.1. The maximum absolute atomic E-state index is 14.1. The van der Waals surface area contributed by atoms with E-state index in [0.717, 1.165) is 21.5 Å². The van der Waals surface area contributed by atoms with Gasteiger partial charge in [0.25, 0.3) is 0 Å². The van der Waals surface area contributed by atoms with E-state index in [9.17, 15) is 14.2 Å². The van der Waals surface area contributed by atoms with E-state index in [1.165, 1.54) is 7.11 Å². The zero-order valence-electron chi connectivity index (χ0n) is 20.4. The first-order valence-corrected chi connectivity index (χ1v) is 13.3. The normalized spacial score (nSPS) is 12.4. The van der Waals surface area contributed by atoms with Crippen molar-refractivity contribution in [3.8, 4) is 0 Å². The van der Waals surface area contributed by atoms with E-state index in [0.29, 0.717) is 5.56 Å². The van der Waals surface area contributed by atoms with E-state index in [-0.39, 0.29) is 24.5 Å². The Labute approximate surface area is 209 Å². The molecular weight excluding hydrogens is 477 g/mol. The topological polar surface area (TPSA) is 90.9 Å². The van der Waals surface area contributed by atoms with Crippen molar-refractivity contribution in [3.05, 3.63) is 90.0 Å². The van der Waals surface area contributed by atoms with Crippen LogP contribution >= 0.6 is 7.60 Å². The van der Waals surface area contributed by atoms with Gasteiger partial charge < -0.3 is 19.1 Å². The highest BCUT2D eigenvalue weighted by atomic mass is 31.2. The van der Waals surface area contributed by atoms with Crippen molar-refractivity contribution in [2.24, 2.45) is 0 Å². The van der Waals surface area contributed by atoms with Crippen molar-refractivity contribution in [2.75, 3.05) is 25.6 Å². The largest absolute Gasteiger partial charge is 0.465 e. The Morgan fingerprint density at radius 3 is 2.06 bits per heavy atom. The van der Waals surface area contributed by atoms with E-state index < -0.39 is 25.1 Å². The number of rotatable bonds is 9. The van der Waals surface area contributed by atoms with Gasteiger partial charge in [-0.15, -0.1) is 0 Å². The lowest BCUT2D eigenvalue weighted by Gasteiger charge is -2.27. The molecule has 36 heavy (non-hydrogen) atoms. The van der Waals surface area contributed by atoms with Gasteiger partial charge in [-0.2, -0.15) is 0 Å². The van der Waals surface area contributed by atoms with Crippen LogP contribution in [0.4, 0.5) is 5.69 Å². The molecule has 1 amide bonds. The molecule has 0 aliphatic heterocycles. The molecule has 0 saturated carbocycles. The summed E-state index contributed by atoms with van der Waals surface area (Å²) in [5.41, 5.74) is -0.337. The van der Waals surface area contributed by atoms with Crippen LogP contribution in [-0.2, 0) is 23.1 Å². The van der Waals surface area contributed by atoms with Crippen LogP contribution in [0.15, 0.2) is 78.9 Å². The number of carbonyl (C=O) groups excluding carboxylic acids is 2. The van der Waals surface area contributed by atoms with E-state index in [4.69, 9.17) is 13.8 Å². The van der Waals surface area contributed by atoms with Crippen LogP contribution in [0.1, 0.15) is 35.4 Å². The van der Waals surface area contributed by atoms with E-state index >= 15 is 0 Å². The highest BCUT2D eigenvalue weighted by Gasteiger charge is 2.43. The quantitative estimate of drug-likeness (QED) is 0.200. The van der Waals surface area contributed by atoms with Crippen LogP contribution in [0.3, 0.4) is 0 Å². The summed E-state index contributed by atoms with van der Waals surface area (Å²) >= 11 is 0. The Bertz CT molecular complexity index is 1450. The Kier molecular flexibility index (Phi) is 7.85. The summed E-state index contributed by atoms with van der Waals surface area (Å²) in [6.45, 7) is 3.58. The number of benzene rings is 4. The summed E-state index contributed by atoms with van der Waals surface area (Å²) in [4.78, 5) is 26.6. The highest BCUT2D eigenvalue weighted by molar-refractivity contribution is 7.55. The maximum Gasteiger partial charge on any atom is 0.347 e. The number of ether oxygens (including phenoxy) is 1. The monoisotopic (exact) mass is 505 g/mol. The SMILES string of the molecule is CCOP(=O)(OCC)C(C(=O)Nc1cc2ccccc2cc1C(=O)OC)c1cccc2ccccc12. The molecule has 4 rings (SSSR count). The molecule has 1 atom stereocenters. The number of esters is 1. The summed E-state index contributed by atoms with van der Waals surface area (Å²) in [6.07, 6.45) is 0. The number of nitrogens with one attached hydrogen (secondary N) is 1. The van der Waals surface area contributed by atoms with Crippen LogP contribution in [0.25, 0.3) is 21.5 Å². The first kappa shape index (κ1) is 25.6. The summed E-state index contributed by atoms with van der Waals surface area (Å²) in [6, 6.07) is 23.8. The number of fused-ring (bicyclic) bond motifs is 2. The summed E-state index contributed by atoms with van der Waals surface area (Å²) in [7, 11) is -2.69. The molecule has 186 valence electrons. The number of methoxy groups -OCH3 is 1. The molecule has 4 aromatic rings. The molecule has 0 aromatic heterocycles. The number of hydrogen-bond donors (Lipinski definition) is 1. The molecule has 0 aliphatic carbocycles. The zero-order valence-corrected chi connectivity index (χ0v) is 21.3. The predicted octanol–water partition coefficient (Wildman–Crippen LogP) is 6.73. The van der Waals surface area contributed by atoms with Crippen LogP contribution in [0, 0.1) is 0 Å². The van der Waals surface area contributed by atoms with Crippen LogP contribution < -0.4 is 5.32 Å². The van der Waals surface area contributed by atoms with Crippen molar-refractivity contribution in [3.63, 3.8) is 0 Å². The minimum Gasteiger partial charge on any atom is -0.465 e. The van der Waals surface area contributed by atoms with Gasteiger partial charge in [-0.25, -0.2) is 4.79 Å². The van der Waals surface area contributed by atoms with E-state index in [1.54, 1.807) is 38.1 Å². The molecule has 0 saturated heterocycles. The van der Waals surface area contributed by atoms with Gasteiger partial charge in [0.2, 0.25) is 5.91 Å². The smallest absolute Gasteiger partial charge is 0.347 e. The summed E-state index contributed by atoms with van der Waals surface area (Å²) < 4.78 is 30.3. The Morgan fingerprint density at radius 1 is 0.833 bits per heavy atom. The van der Waals surface area contributed by atoms with Gasteiger partial charge in [0.1, 0.15) is 0 Å². The standard InChI is InChI=1S/C28H28NO6P/c1-4-34-36(32,35-5-2)26(23-16-10-14-19-11-8-9-15-22(19)23)27(30)29-25-18-21-13-7-6-12-20(21)17-24(25)28(31)33-3/h6-18,26H,4-5H2,1-3H3,(H,29,30). The number of carbonyl (C=O) groups is 2. The first-order valence-electron chi connectivity index (χ1n) is 11.7. The summed E-state index contributed by atoms with van der Waals surface area (Å²) in [5, 5.41) is 6.11. The fraction of sp³-hybridized carbons (Fsp3) is 0.214. The number of amides is 1. The van der Waals surface area contributed by atoms with Crippen molar-refractivity contribution in [1.29, 1.82) is 0 Å². The molecule has 0 heterocycles. The van der Waals surface area contributed by atoms with Crippen LogP contribution in [0.5, 0.6) is 0 Å². The van der Waals surface area contributed by atoms with Gasteiger partial charge >= 0.3 is 13.6 Å². The molecule has 0 radical (unpaired) electrons. The minimum atomic E-state index is -3.97. The van der Waals surface area contributed by atoms with E-state index in [2.05, 4.69) is 5.32 Å². The van der Waals surface area contributed by atoms with Crippen molar-refractivity contribution in [1.82, 2.24) is 0 Å². The second kappa shape index (κ2) is 11.0. The molecule has 0 spiro atoms. The average molecular weight is 506 g/mol. The molecule has 0 bridgehead atoms. The Balaban J connectivity index is 1.88. The molecule has 0 fully saturated rings. The second-order valence-corrected chi connectivity index (χ2v) is 10.2. The third-order valence-corrected chi connectivity index (χ3v) is 8.23. The molecule has 1 N–H and O–H groups in total. The second-order valence-electron chi connectivity index (χ2n) is 8.07. The Hall–Kier alpha value is -3.51. The molecule has 7 nitrogen and oxygen atoms in total. The lowest BCUT2D eigenvalue weighted by Crippen LogP contribution is -2.24. The lowest BCUT2D eigenvalue weighted by atomic mass is 10.0. The van der Waals surface area contributed by atoms with Gasteiger partial charge in [0.05, 0.1) is 31.6 Å². The predicted molar refractivity (Wildman–Crippen MR) is 141 cm³/mol. The van der Waals surface area contributed by atoms with Crippen molar-refractivity contribution in [2.45, 2.75) is 19.5 Å². The van der Waals surface area contributed by atoms with Gasteiger partial charge in [-0.05, 0) is 53.1 Å². The first-order chi connectivity index (χ1) is 17.4. The highest BCUT2D eigenvalue weighted by Crippen LogP contribution is 2.62. The molecule has 1 unspecified atom stereocenters. The number of hydrogen-bond acceptors (Lipinski definition) is 6. The number of anilines is 1. The molecular formula is C28H28NO6P. The van der Waals surface area contributed by atoms with Crippen LogP contribution in [-0.4, -0.2) is 32.2 Å². The fourth-order valence-corrected chi connectivity index (χ4v) is 6.32. The van der Waals surface area contributed by atoms with Crippen molar-refractivity contribution < 1.29 is 27.9 Å². The third-order valence-electron chi connectivity index (χ3n) is 5.85. The van der Waals surface area contributed by atoms with Gasteiger partial charge in [0, 0.05) is 0 Å². The molecule has 4 aromatic carbocycles. The lowest BCUT2D eigenvalue weighted by molar-refractivity contribution is -0.116. The van der Waals surface area contributed by atoms with Gasteiger partial charge in [0.15, 0.2) is 5.66 Å². The van der Waals surface area contributed by atoms with Crippen molar-refractivity contribution >= 4 is 46.7 Å². The molecule has 0 aliphatic rings. The van der Waals surface area contributed by atoms with E-state index in [1.807, 2.05) is 54.6 Å².